The summed E-state index contributed by atoms with van der Waals surface area (Å²) in [6.45, 7) is 1.01. The first-order valence-electron chi connectivity index (χ1n) is 9.94. The van der Waals surface area contributed by atoms with Crippen LogP contribution in [0.25, 0.3) is 6.08 Å². The van der Waals surface area contributed by atoms with Gasteiger partial charge in [-0.2, -0.15) is 0 Å². The lowest BCUT2D eigenvalue weighted by atomic mass is 10.1. The van der Waals surface area contributed by atoms with Crippen molar-refractivity contribution in [2.75, 3.05) is 34.4 Å². The van der Waals surface area contributed by atoms with Crippen LogP contribution < -0.4 is 14.2 Å². The highest BCUT2D eigenvalue weighted by Gasteiger charge is 2.64. The lowest BCUT2D eigenvalue weighted by Crippen LogP contribution is -2.48. The fraction of sp³-hybridized carbons (Fsp3) is 0.273. The maximum Gasteiger partial charge on any atom is 0.348 e. The number of nitrogens with zero attached hydrogens (tertiary/aromatic N) is 3. The molecule has 2 aromatic carbocycles. The number of ether oxygens (including phenoxy) is 3. The summed E-state index contributed by atoms with van der Waals surface area (Å²) < 4.78 is 16.2. The lowest BCUT2D eigenvalue weighted by molar-refractivity contribution is -0.144. The Bertz CT molecular complexity index is 1180. The molecule has 1 amide bonds. The van der Waals surface area contributed by atoms with Crippen molar-refractivity contribution in [2.24, 2.45) is 5.16 Å². The summed E-state index contributed by atoms with van der Waals surface area (Å²) in [5, 5.41) is 4.09. The van der Waals surface area contributed by atoms with E-state index in [0.717, 1.165) is 5.56 Å². The third-order valence-corrected chi connectivity index (χ3v) is 7.53. The van der Waals surface area contributed by atoms with Gasteiger partial charge in [0.15, 0.2) is 17.3 Å². The molecule has 172 valence electrons. The Morgan fingerprint density at radius 3 is 2.30 bits per heavy atom. The molecule has 0 aromatic heterocycles. The van der Waals surface area contributed by atoms with Gasteiger partial charge in [0.2, 0.25) is 5.75 Å². The minimum absolute atomic E-state index is 0.155. The Morgan fingerprint density at radius 1 is 1.06 bits per heavy atom. The number of amidine groups is 1. The standard InChI is InChI=1S/C22H19Cl2N3O5S/c1-29-15-9-12(10-16(30-2)19(15)31-3)11-17-21(28)27-8-7-26-20(25-32-22(26,27)33-17)18-13(23)5-4-6-14(18)24/h4-6,9-11H,7-8H2,1-3H3/b17-11-. The molecule has 1 unspecified atom stereocenters. The molecule has 1 spiro atoms. The summed E-state index contributed by atoms with van der Waals surface area (Å²) in [7, 11) is 4.63. The van der Waals surface area contributed by atoms with Gasteiger partial charge in [0.1, 0.15) is 0 Å². The first-order valence-corrected chi connectivity index (χ1v) is 11.5. The van der Waals surface area contributed by atoms with Crippen LogP contribution >= 0.6 is 35.0 Å². The Hall–Kier alpha value is -2.75. The molecular formula is C22H19Cl2N3O5S. The van der Waals surface area contributed by atoms with Crippen LogP contribution in [0, 0.1) is 0 Å². The third-order valence-electron chi connectivity index (χ3n) is 5.61. The van der Waals surface area contributed by atoms with Crippen LogP contribution in [-0.2, 0) is 9.63 Å². The van der Waals surface area contributed by atoms with Gasteiger partial charge in [-0.15, -0.1) is 0 Å². The molecule has 0 N–H and O–H groups in total. The summed E-state index contributed by atoms with van der Waals surface area (Å²) in [5.74, 6) is 1.82. The van der Waals surface area contributed by atoms with Gasteiger partial charge in [0, 0.05) is 13.1 Å². The molecule has 0 saturated carbocycles. The molecule has 1 atom stereocenters. The van der Waals surface area contributed by atoms with Crippen molar-refractivity contribution in [1.82, 2.24) is 9.80 Å². The van der Waals surface area contributed by atoms with Gasteiger partial charge in [0.05, 0.1) is 41.8 Å². The van der Waals surface area contributed by atoms with Crippen molar-refractivity contribution in [1.29, 1.82) is 0 Å². The van der Waals surface area contributed by atoms with E-state index in [-0.39, 0.29) is 5.91 Å². The number of benzene rings is 2. The summed E-state index contributed by atoms with van der Waals surface area (Å²) in [5.41, 5.74) is 1.30. The molecule has 3 aliphatic rings. The molecule has 33 heavy (non-hydrogen) atoms. The van der Waals surface area contributed by atoms with E-state index in [9.17, 15) is 4.79 Å². The molecule has 2 fully saturated rings. The number of amides is 1. The average molecular weight is 508 g/mol. The van der Waals surface area contributed by atoms with Crippen molar-refractivity contribution in [2.45, 2.75) is 5.18 Å². The molecule has 0 aliphatic carbocycles. The summed E-state index contributed by atoms with van der Waals surface area (Å²) >= 11 is 14.1. The Morgan fingerprint density at radius 2 is 1.70 bits per heavy atom. The fourth-order valence-electron chi connectivity index (χ4n) is 4.12. The largest absolute Gasteiger partial charge is 0.493 e. The number of hydrogen-bond donors (Lipinski definition) is 0. The van der Waals surface area contributed by atoms with E-state index in [1.165, 1.54) is 18.9 Å². The number of methoxy groups -OCH3 is 3. The van der Waals surface area contributed by atoms with Gasteiger partial charge in [-0.05, 0) is 47.7 Å². The number of hydrogen-bond acceptors (Lipinski definition) is 8. The summed E-state index contributed by atoms with van der Waals surface area (Å²) in [6, 6.07) is 8.81. The molecule has 11 heteroatoms. The van der Waals surface area contributed by atoms with Crippen LogP contribution in [0.3, 0.4) is 0 Å². The topological polar surface area (TPSA) is 72.8 Å². The predicted octanol–water partition coefficient (Wildman–Crippen LogP) is 4.25. The van der Waals surface area contributed by atoms with Gasteiger partial charge in [0.25, 0.3) is 5.91 Å². The first kappa shape index (κ1) is 22.1. The second kappa shape index (κ2) is 8.23. The zero-order valence-electron chi connectivity index (χ0n) is 17.9. The summed E-state index contributed by atoms with van der Waals surface area (Å²) in [6.07, 6.45) is 1.77. The lowest BCUT2D eigenvalue weighted by Gasteiger charge is -2.29. The SMILES string of the molecule is COc1cc(/C=C2\SC34ON=C(c5c(Cl)cccc5Cl)N3CCN4C2=O)cc(OC)c1OC. The molecule has 0 radical (unpaired) electrons. The molecule has 5 rings (SSSR count). The molecule has 0 bridgehead atoms. The van der Waals surface area contributed by atoms with Gasteiger partial charge in [-0.25, -0.2) is 0 Å². The van der Waals surface area contributed by atoms with E-state index in [2.05, 4.69) is 5.16 Å². The minimum Gasteiger partial charge on any atom is -0.493 e. The zero-order chi connectivity index (χ0) is 23.3. The van der Waals surface area contributed by atoms with E-state index < -0.39 is 5.18 Å². The normalized spacial score (nSPS) is 22.3. The average Bonchev–Trinajstić information content (AvgIpc) is 3.42. The number of carbonyl (C=O) groups excluding carboxylic acids is 1. The second-order valence-electron chi connectivity index (χ2n) is 7.33. The van der Waals surface area contributed by atoms with Crippen molar-refractivity contribution >= 4 is 52.8 Å². The predicted molar refractivity (Wildman–Crippen MR) is 127 cm³/mol. The van der Waals surface area contributed by atoms with Crippen molar-refractivity contribution in [3.8, 4) is 17.2 Å². The molecule has 3 aliphatic heterocycles. The Labute approximate surface area is 204 Å². The number of halogens is 2. The maximum atomic E-state index is 13.3. The minimum atomic E-state index is -1.11. The van der Waals surface area contributed by atoms with E-state index in [1.54, 1.807) is 55.5 Å². The molecule has 2 aromatic rings. The Kier molecular flexibility index (Phi) is 5.50. The van der Waals surface area contributed by atoms with Gasteiger partial charge >= 0.3 is 5.18 Å². The number of thioether (sulfide) groups is 1. The monoisotopic (exact) mass is 507 g/mol. The van der Waals surface area contributed by atoms with Crippen LogP contribution in [0.4, 0.5) is 0 Å². The highest BCUT2D eigenvalue weighted by Crippen LogP contribution is 2.54. The highest BCUT2D eigenvalue weighted by atomic mass is 35.5. The van der Waals surface area contributed by atoms with E-state index in [0.29, 0.717) is 56.7 Å². The zero-order valence-corrected chi connectivity index (χ0v) is 20.3. The van der Waals surface area contributed by atoms with Crippen molar-refractivity contribution in [3.05, 3.63) is 56.4 Å². The molecule has 2 saturated heterocycles. The van der Waals surface area contributed by atoms with E-state index in [1.807, 2.05) is 4.90 Å². The summed E-state index contributed by atoms with van der Waals surface area (Å²) in [4.78, 5) is 23.2. The van der Waals surface area contributed by atoms with Crippen molar-refractivity contribution < 1.29 is 23.8 Å². The second-order valence-corrected chi connectivity index (χ2v) is 9.32. The number of carbonyl (C=O) groups is 1. The molecule has 8 nitrogen and oxygen atoms in total. The molecule has 3 heterocycles. The van der Waals surface area contributed by atoms with Gasteiger partial charge in [-0.3, -0.25) is 14.6 Å². The fourth-order valence-corrected chi connectivity index (χ4v) is 6.01. The van der Waals surface area contributed by atoms with E-state index in [4.69, 9.17) is 42.3 Å². The number of oxime groups is 1. The molecular weight excluding hydrogens is 489 g/mol. The van der Waals surface area contributed by atoms with Crippen LogP contribution in [0.15, 0.2) is 40.4 Å². The van der Waals surface area contributed by atoms with Crippen LogP contribution in [-0.4, -0.2) is 61.1 Å². The third kappa shape index (κ3) is 3.29. The first-order chi connectivity index (χ1) is 15.9. The number of rotatable bonds is 5. The smallest absolute Gasteiger partial charge is 0.348 e. The van der Waals surface area contributed by atoms with Crippen LogP contribution in [0.2, 0.25) is 10.0 Å². The quantitative estimate of drug-likeness (QED) is 0.559. The Balaban J connectivity index is 1.50. The van der Waals surface area contributed by atoms with Gasteiger partial charge in [-0.1, -0.05) is 34.4 Å². The maximum absolute atomic E-state index is 13.3. The van der Waals surface area contributed by atoms with Gasteiger partial charge < -0.3 is 19.0 Å². The van der Waals surface area contributed by atoms with Crippen molar-refractivity contribution in [3.63, 3.8) is 0 Å². The van der Waals surface area contributed by atoms with Crippen LogP contribution in [0.1, 0.15) is 11.1 Å². The highest BCUT2D eigenvalue weighted by molar-refractivity contribution is 8.05. The van der Waals surface area contributed by atoms with Crippen LogP contribution in [0.5, 0.6) is 17.2 Å². The van der Waals surface area contributed by atoms with E-state index >= 15 is 0 Å².